The number of hydrogen-bond acceptors (Lipinski definition) is 6. The Morgan fingerprint density at radius 3 is 2.54 bits per heavy atom. The summed E-state index contributed by atoms with van der Waals surface area (Å²) in [5, 5.41) is 0. The van der Waals surface area contributed by atoms with Crippen LogP contribution in [0.2, 0.25) is 0 Å². The average molecular weight is 379 g/mol. The van der Waals surface area contributed by atoms with Crippen molar-refractivity contribution in [2.75, 3.05) is 26.2 Å². The third-order valence-corrected chi connectivity index (χ3v) is 5.74. The Kier molecular flexibility index (Phi) is 5.55. The first-order valence-electron chi connectivity index (χ1n) is 8.57. The Bertz CT molecular complexity index is 827. The number of likely N-dealkylation sites (tertiary alicyclic amines) is 1. The highest BCUT2D eigenvalue weighted by atomic mass is 32.2. The lowest BCUT2D eigenvalue weighted by atomic mass is 10.2. The minimum Gasteiger partial charge on any atom is -0.454 e. The van der Waals surface area contributed by atoms with E-state index in [1.54, 1.807) is 23.1 Å². The van der Waals surface area contributed by atoms with E-state index in [-0.39, 0.29) is 29.8 Å². The molecule has 0 aromatic heterocycles. The zero-order valence-corrected chi connectivity index (χ0v) is 15.1. The van der Waals surface area contributed by atoms with Gasteiger partial charge in [-0.25, -0.2) is 8.42 Å². The Labute approximate surface area is 152 Å². The molecule has 1 aromatic carbocycles. The molecular formula is C17H21N3O5S. The standard InChI is InChI=1S/C17H21N3O5S/c21-15(20-9-5-1-2-6-10-20)12-25-16(22)11-18-17-13-7-3-4-8-14(13)26(23,24)19-17/h3-4,7-8H,1-2,5-6,9-12H2,(H,18,19). The Morgan fingerprint density at radius 1 is 1.12 bits per heavy atom. The maximum absolute atomic E-state index is 12.1. The zero-order chi connectivity index (χ0) is 18.6. The number of fused-ring (bicyclic) bond motifs is 1. The molecule has 26 heavy (non-hydrogen) atoms. The largest absolute Gasteiger partial charge is 0.454 e. The average Bonchev–Trinajstić information content (AvgIpc) is 2.81. The molecule has 1 fully saturated rings. The van der Waals surface area contributed by atoms with Gasteiger partial charge in [-0.05, 0) is 25.0 Å². The quantitative estimate of drug-likeness (QED) is 0.774. The topological polar surface area (TPSA) is 105 Å². The van der Waals surface area contributed by atoms with Crippen molar-refractivity contribution in [3.8, 4) is 0 Å². The van der Waals surface area contributed by atoms with E-state index in [9.17, 15) is 18.0 Å². The summed E-state index contributed by atoms with van der Waals surface area (Å²) in [5.41, 5.74) is 0.418. The van der Waals surface area contributed by atoms with Gasteiger partial charge in [0.1, 0.15) is 12.4 Å². The molecule has 140 valence electrons. The molecule has 1 saturated heterocycles. The Morgan fingerprint density at radius 2 is 1.81 bits per heavy atom. The smallest absolute Gasteiger partial charge is 0.328 e. The molecule has 0 bridgehead atoms. The van der Waals surface area contributed by atoms with E-state index in [1.165, 1.54) is 6.07 Å². The van der Waals surface area contributed by atoms with E-state index >= 15 is 0 Å². The molecule has 1 aromatic rings. The molecule has 0 atom stereocenters. The van der Waals surface area contributed by atoms with Gasteiger partial charge in [0.05, 0.1) is 4.90 Å². The maximum atomic E-state index is 12.1. The second-order valence-corrected chi connectivity index (χ2v) is 7.87. The van der Waals surface area contributed by atoms with Crippen LogP contribution < -0.4 is 4.72 Å². The van der Waals surface area contributed by atoms with Crippen LogP contribution in [0.1, 0.15) is 31.2 Å². The first kappa shape index (κ1) is 18.4. The van der Waals surface area contributed by atoms with E-state index in [0.717, 1.165) is 25.7 Å². The fourth-order valence-electron chi connectivity index (χ4n) is 2.99. The molecule has 0 spiro atoms. The fraction of sp³-hybridized carbons (Fsp3) is 0.471. The normalized spacial score (nSPS) is 20.2. The number of nitrogens with one attached hydrogen (secondary N) is 1. The van der Waals surface area contributed by atoms with Crippen LogP contribution in [-0.4, -0.2) is 57.3 Å². The van der Waals surface area contributed by atoms with Crippen molar-refractivity contribution in [1.82, 2.24) is 9.62 Å². The summed E-state index contributed by atoms with van der Waals surface area (Å²) in [6, 6.07) is 6.39. The van der Waals surface area contributed by atoms with Gasteiger partial charge < -0.3 is 9.64 Å². The molecule has 0 saturated carbocycles. The van der Waals surface area contributed by atoms with E-state index in [2.05, 4.69) is 9.71 Å². The summed E-state index contributed by atoms with van der Waals surface area (Å²) in [6.07, 6.45) is 4.15. The summed E-state index contributed by atoms with van der Waals surface area (Å²) >= 11 is 0. The molecule has 0 aliphatic carbocycles. The third kappa shape index (κ3) is 4.21. The highest BCUT2D eigenvalue weighted by molar-refractivity contribution is 7.90. The van der Waals surface area contributed by atoms with Crippen LogP contribution in [0.3, 0.4) is 0 Å². The van der Waals surface area contributed by atoms with Gasteiger partial charge in [0.25, 0.3) is 15.9 Å². The molecule has 0 radical (unpaired) electrons. The second-order valence-electron chi connectivity index (χ2n) is 6.22. The highest BCUT2D eigenvalue weighted by Crippen LogP contribution is 2.22. The van der Waals surface area contributed by atoms with E-state index in [0.29, 0.717) is 18.7 Å². The summed E-state index contributed by atoms with van der Waals surface area (Å²) in [6.45, 7) is 0.708. The SMILES string of the molecule is O=C(CN=C1NS(=O)(=O)c2ccccc21)OCC(=O)N1CCCCCC1. The van der Waals surface area contributed by atoms with Crippen molar-refractivity contribution in [2.45, 2.75) is 30.6 Å². The molecule has 2 aliphatic heterocycles. The molecule has 1 amide bonds. The number of hydrogen-bond donors (Lipinski definition) is 1. The monoisotopic (exact) mass is 379 g/mol. The minimum atomic E-state index is -3.64. The number of amidine groups is 1. The van der Waals surface area contributed by atoms with Crippen LogP contribution in [0.25, 0.3) is 0 Å². The van der Waals surface area contributed by atoms with E-state index in [4.69, 9.17) is 4.74 Å². The summed E-state index contributed by atoms with van der Waals surface area (Å²) < 4.78 is 31.2. The van der Waals surface area contributed by atoms with Gasteiger partial charge in [-0.3, -0.25) is 19.3 Å². The Balaban J connectivity index is 1.54. The molecule has 2 aliphatic rings. The number of sulfonamides is 1. The van der Waals surface area contributed by atoms with Crippen LogP contribution in [0, 0.1) is 0 Å². The lowest BCUT2D eigenvalue weighted by molar-refractivity contribution is -0.150. The zero-order valence-electron chi connectivity index (χ0n) is 14.3. The van der Waals surface area contributed by atoms with Crippen LogP contribution in [0.15, 0.2) is 34.2 Å². The van der Waals surface area contributed by atoms with Crippen molar-refractivity contribution in [1.29, 1.82) is 0 Å². The number of carbonyl (C=O) groups excluding carboxylic acids is 2. The number of ether oxygens (including phenoxy) is 1. The molecular weight excluding hydrogens is 358 g/mol. The van der Waals surface area contributed by atoms with Gasteiger partial charge in [-0.15, -0.1) is 0 Å². The van der Waals surface area contributed by atoms with Crippen LogP contribution in [0.4, 0.5) is 0 Å². The predicted octanol–water partition coefficient (Wildman–Crippen LogP) is 0.671. The third-order valence-electron chi connectivity index (χ3n) is 4.34. The number of esters is 1. The van der Waals surface area contributed by atoms with Gasteiger partial charge >= 0.3 is 5.97 Å². The fourth-order valence-corrected chi connectivity index (χ4v) is 4.25. The van der Waals surface area contributed by atoms with Gasteiger partial charge in [-0.1, -0.05) is 25.0 Å². The summed E-state index contributed by atoms with van der Waals surface area (Å²) in [5.74, 6) is -0.777. The number of carbonyl (C=O) groups is 2. The van der Waals surface area contributed by atoms with Gasteiger partial charge in [-0.2, -0.15) is 0 Å². The van der Waals surface area contributed by atoms with Crippen molar-refractivity contribution in [2.24, 2.45) is 4.99 Å². The number of benzene rings is 1. The highest BCUT2D eigenvalue weighted by Gasteiger charge is 2.30. The minimum absolute atomic E-state index is 0.108. The van der Waals surface area contributed by atoms with Crippen molar-refractivity contribution < 1.29 is 22.7 Å². The van der Waals surface area contributed by atoms with Gasteiger partial charge in [0, 0.05) is 18.7 Å². The predicted molar refractivity (Wildman–Crippen MR) is 94.2 cm³/mol. The van der Waals surface area contributed by atoms with E-state index in [1.807, 2.05) is 0 Å². The summed E-state index contributed by atoms with van der Waals surface area (Å²) in [4.78, 5) is 29.8. The maximum Gasteiger partial charge on any atom is 0.328 e. The van der Waals surface area contributed by atoms with Crippen molar-refractivity contribution in [3.05, 3.63) is 29.8 Å². The second kappa shape index (κ2) is 7.86. The first-order chi connectivity index (χ1) is 12.5. The Hall–Kier alpha value is -2.42. The van der Waals surface area contributed by atoms with Gasteiger partial charge in [0.15, 0.2) is 6.61 Å². The molecule has 8 nitrogen and oxygen atoms in total. The van der Waals surface area contributed by atoms with Crippen molar-refractivity contribution >= 4 is 27.7 Å². The molecule has 1 N–H and O–H groups in total. The van der Waals surface area contributed by atoms with Crippen LogP contribution in [0.5, 0.6) is 0 Å². The molecule has 0 unspecified atom stereocenters. The van der Waals surface area contributed by atoms with Crippen LogP contribution in [-0.2, 0) is 24.3 Å². The molecule has 9 heteroatoms. The van der Waals surface area contributed by atoms with E-state index < -0.39 is 16.0 Å². The van der Waals surface area contributed by atoms with Crippen LogP contribution >= 0.6 is 0 Å². The summed E-state index contributed by atoms with van der Waals surface area (Å²) in [7, 11) is -3.64. The lowest BCUT2D eigenvalue weighted by Crippen LogP contribution is -2.35. The molecule has 2 heterocycles. The van der Waals surface area contributed by atoms with Gasteiger partial charge in [0.2, 0.25) is 0 Å². The first-order valence-corrected chi connectivity index (χ1v) is 10.1. The number of aliphatic imine (C=N–C) groups is 1. The number of rotatable bonds is 4. The molecule has 3 rings (SSSR count). The van der Waals surface area contributed by atoms with Crippen molar-refractivity contribution in [3.63, 3.8) is 0 Å². The lowest BCUT2D eigenvalue weighted by Gasteiger charge is -2.19. The number of amides is 1. The number of nitrogens with zero attached hydrogens (tertiary/aromatic N) is 2.